The summed E-state index contributed by atoms with van der Waals surface area (Å²) in [5.41, 5.74) is 8.95. The maximum absolute atomic E-state index is 13.9. The van der Waals surface area contributed by atoms with E-state index in [2.05, 4.69) is 40.2 Å². The molecular weight excluding hydrogens is 544 g/mol. The monoisotopic (exact) mass is 576 g/mol. The number of nitrogens with zero attached hydrogens (tertiary/aromatic N) is 3. The molecule has 0 atom stereocenters. The van der Waals surface area contributed by atoms with E-state index in [4.69, 9.17) is 0 Å². The largest absolute Gasteiger partial charge is 0.318 e. The van der Waals surface area contributed by atoms with Gasteiger partial charge in [-0.25, -0.2) is 13.8 Å². The fourth-order valence-corrected chi connectivity index (χ4v) is 6.45. The van der Waals surface area contributed by atoms with E-state index in [1.807, 2.05) is 56.3 Å². The maximum atomic E-state index is 13.9. The van der Waals surface area contributed by atoms with Gasteiger partial charge in [0, 0.05) is 22.6 Å². The molecule has 0 aliphatic carbocycles. The molecule has 0 aliphatic rings. The van der Waals surface area contributed by atoms with Crippen LogP contribution in [0.3, 0.4) is 0 Å². The topological polar surface area (TPSA) is 83.8 Å². The average Bonchev–Trinajstić information content (AvgIpc) is 3.29. The maximum Gasteiger partial charge on any atom is 0.273 e. The number of benzene rings is 4. The molecule has 0 bridgehead atoms. The molecule has 0 spiro atoms. The van der Waals surface area contributed by atoms with E-state index in [0.29, 0.717) is 0 Å². The smallest absolute Gasteiger partial charge is 0.273 e. The zero-order valence-electron chi connectivity index (χ0n) is 23.7. The molecule has 0 radical (unpaired) electrons. The van der Waals surface area contributed by atoms with Gasteiger partial charge in [0.25, 0.3) is 15.9 Å². The zero-order chi connectivity index (χ0) is 29.7. The number of anilines is 1. The second kappa shape index (κ2) is 12.3. The number of hydrazone groups is 1. The Morgan fingerprint density at radius 2 is 1.50 bits per heavy atom. The summed E-state index contributed by atoms with van der Waals surface area (Å²) in [5, 5.41) is 4.24. The number of aryl methyl sites for hydroxylation is 2. The Kier molecular flexibility index (Phi) is 8.36. The van der Waals surface area contributed by atoms with Gasteiger partial charge in [-0.2, -0.15) is 5.10 Å². The minimum Gasteiger partial charge on any atom is -0.318 e. The van der Waals surface area contributed by atoms with E-state index in [9.17, 15) is 13.2 Å². The fraction of sp³-hybridized carbons (Fsp3) is 0.118. The van der Waals surface area contributed by atoms with Crippen molar-refractivity contribution in [3.63, 3.8) is 0 Å². The second-order valence-electron chi connectivity index (χ2n) is 10.0. The number of amides is 1. The van der Waals surface area contributed by atoms with Crippen LogP contribution in [0.25, 0.3) is 5.69 Å². The molecule has 0 unspecified atom stereocenters. The number of hydrogen-bond donors (Lipinski definition) is 1. The van der Waals surface area contributed by atoms with Crippen molar-refractivity contribution in [1.82, 2.24) is 9.99 Å². The molecule has 1 N–H and O–H groups in total. The molecule has 0 saturated heterocycles. The van der Waals surface area contributed by atoms with Crippen molar-refractivity contribution in [2.45, 2.75) is 32.2 Å². The van der Waals surface area contributed by atoms with Crippen LogP contribution < -0.4 is 9.73 Å². The first-order valence-electron chi connectivity index (χ1n) is 13.6. The van der Waals surface area contributed by atoms with Gasteiger partial charge in [-0.15, -0.1) is 0 Å². The lowest BCUT2D eigenvalue weighted by Gasteiger charge is -2.26. The summed E-state index contributed by atoms with van der Waals surface area (Å²) in [7, 11) is -4.00. The quantitative estimate of drug-likeness (QED) is 0.159. The van der Waals surface area contributed by atoms with Gasteiger partial charge in [0.1, 0.15) is 0 Å². The van der Waals surface area contributed by atoms with Crippen LogP contribution in [0.2, 0.25) is 0 Å². The van der Waals surface area contributed by atoms with Crippen LogP contribution >= 0.6 is 0 Å². The van der Waals surface area contributed by atoms with Crippen LogP contribution in [0, 0.1) is 20.8 Å². The molecule has 5 rings (SSSR count). The lowest BCUT2D eigenvalue weighted by molar-refractivity contribution is 0.0955. The number of hydrogen-bond acceptors (Lipinski definition) is 4. The second-order valence-corrected chi connectivity index (χ2v) is 11.9. The number of aromatic nitrogens is 1. The van der Waals surface area contributed by atoms with Gasteiger partial charge in [0.2, 0.25) is 0 Å². The predicted octanol–water partition coefficient (Wildman–Crippen LogP) is 6.56. The first-order chi connectivity index (χ1) is 20.3. The molecule has 5 aromatic rings. The van der Waals surface area contributed by atoms with Crippen LogP contribution in [-0.4, -0.2) is 25.1 Å². The lowest BCUT2D eigenvalue weighted by Crippen LogP contribution is -2.33. The van der Waals surface area contributed by atoms with Crippen LogP contribution in [0.5, 0.6) is 0 Å². The number of nitrogens with one attached hydrogen (secondary N) is 1. The standard InChI is InChI=1S/C34H32N4O3S/c1-25-13-12-16-30(21-25)38-26(2)22-29(27(38)3)23-35-36-34(39)32-19-10-11-20-33(32)37(24-28-14-6-4-7-15-28)42(40,41)31-17-8-5-9-18-31/h4-23H,24H2,1-3H3,(H,36,39)/b35-23+. The Morgan fingerprint density at radius 1 is 0.833 bits per heavy atom. The van der Waals surface area contributed by atoms with E-state index in [0.717, 1.165) is 33.8 Å². The number of rotatable bonds is 9. The summed E-state index contributed by atoms with van der Waals surface area (Å²) >= 11 is 0. The summed E-state index contributed by atoms with van der Waals surface area (Å²) in [4.78, 5) is 13.6. The molecule has 1 heterocycles. The Bertz CT molecular complexity index is 1850. The molecule has 1 aromatic heterocycles. The Morgan fingerprint density at radius 3 is 2.21 bits per heavy atom. The normalized spacial score (nSPS) is 11.5. The first-order valence-corrected chi connectivity index (χ1v) is 15.0. The van der Waals surface area contributed by atoms with Gasteiger partial charge in [0.05, 0.1) is 28.9 Å². The average molecular weight is 577 g/mol. The lowest BCUT2D eigenvalue weighted by atomic mass is 10.1. The Labute approximate surface area is 246 Å². The minimum atomic E-state index is -4.00. The fourth-order valence-electron chi connectivity index (χ4n) is 4.96. The molecule has 1 amide bonds. The number of para-hydroxylation sites is 1. The third-order valence-electron chi connectivity index (χ3n) is 7.02. The Hall–Kier alpha value is -4.95. The first kappa shape index (κ1) is 28.6. The minimum absolute atomic E-state index is 0.0522. The summed E-state index contributed by atoms with van der Waals surface area (Å²) in [6.45, 7) is 6.13. The highest BCUT2D eigenvalue weighted by molar-refractivity contribution is 7.92. The van der Waals surface area contributed by atoms with Crippen molar-refractivity contribution in [2.24, 2.45) is 5.10 Å². The van der Waals surface area contributed by atoms with Crippen molar-refractivity contribution in [3.8, 4) is 5.69 Å². The van der Waals surface area contributed by atoms with Crippen LogP contribution in [-0.2, 0) is 16.6 Å². The van der Waals surface area contributed by atoms with Gasteiger partial charge in [-0.3, -0.25) is 9.10 Å². The number of carbonyl (C=O) groups excluding carboxylic acids is 1. The molecule has 4 aromatic carbocycles. The molecule has 0 saturated carbocycles. The van der Waals surface area contributed by atoms with Gasteiger partial charge in [-0.1, -0.05) is 72.8 Å². The van der Waals surface area contributed by atoms with Gasteiger partial charge >= 0.3 is 0 Å². The summed E-state index contributed by atoms with van der Waals surface area (Å²) < 4.78 is 31.2. The number of sulfonamides is 1. The highest BCUT2D eigenvalue weighted by atomic mass is 32.2. The highest BCUT2D eigenvalue weighted by Gasteiger charge is 2.28. The molecule has 7 nitrogen and oxygen atoms in total. The van der Waals surface area contributed by atoms with E-state index in [-0.39, 0.29) is 22.7 Å². The van der Waals surface area contributed by atoms with E-state index >= 15 is 0 Å². The van der Waals surface area contributed by atoms with Crippen molar-refractivity contribution in [3.05, 3.63) is 149 Å². The number of carbonyl (C=O) groups is 1. The van der Waals surface area contributed by atoms with Gasteiger partial charge < -0.3 is 4.57 Å². The molecule has 0 fully saturated rings. The van der Waals surface area contributed by atoms with Crippen molar-refractivity contribution >= 4 is 27.8 Å². The molecule has 42 heavy (non-hydrogen) atoms. The van der Waals surface area contributed by atoms with E-state index in [1.54, 1.807) is 60.8 Å². The zero-order valence-corrected chi connectivity index (χ0v) is 24.5. The van der Waals surface area contributed by atoms with Crippen LogP contribution in [0.1, 0.15) is 38.4 Å². The van der Waals surface area contributed by atoms with Crippen LogP contribution in [0.15, 0.2) is 125 Å². The molecule has 212 valence electrons. The summed E-state index contributed by atoms with van der Waals surface area (Å²) in [6.07, 6.45) is 1.61. The van der Waals surface area contributed by atoms with Crippen molar-refractivity contribution in [1.29, 1.82) is 0 Å². The van der Waals surface area contributed by atoms with E-state index in [1.165, 1.54) is 4.31 Å². The van der Waals surface area contributed by atoms with Gasteiger partial charge in [0.15, 0.2) is 0 Å². The summed E-state index contributed by atoms with van der Waals surface area (Å²) in [6, 6.07) is 34.4. The third-order valence-corrected chi connectivity index (χ3v) is 8.79. The van der Waals surface area contributed by atoms with E-state index < -0.39 is 15.9 Å². The van der Waals surface area contributed by atoms with Crippen LogP contribution in [0.4, 0.5) is 5.69 Å². The third kappa shape index (κ3) is 6.04. The SMILES string of the molecule is Cc1cccc(-n2c(C)cc(/C=N/NC(=O)c3ccccc3N(Cc3ccccc3)S(=O)(=O)c3ccccc3)c2C)c1. The van der Waals surface area contributed by atoms with Crippen molar-refractivity contribution < 1.29 is 13.2 Å². The molecule has 8 heteroatoms. The molecule has 0 aliphatic heterocycles. The van der Waals surface area contributed by atoms with Crippen molar-refractivity contribution in [2.75, 3.05) is 4.31 Å². The Balaban J connectivity index is 1.45. The predicted molar refractivity (Wildman–Crippen MR) is 168 cm³/mol. The molecular formula is C34H32N4O3S. The summed E-state index contributed by atoms with van der Waals surface area (Å²) in [5.74, 6) is -0.518. The highest BCUT2D eigenvalue weighted by Crippen LogP contribution is 2.29. The van der Waals surface area contributed by atoms with Gasteiger partial charge in [-0.05, 0) is 74.4 Å².